The molecular formula is C15H15FN6S. The number of fused-ring (bicyclic) bond motifs is 1. The minimum Gasteiger partial charge on any atom is -0.379 e. The number of amidine groups is 1. The van der Waals surface area contributed by atoms with Gasteiger partial charge in [0.15, 0.2) is 11.0 Å². The maximum Gasteiger partial charge on any atom is 0.225 e. The molecule has 0 amide bonds. The van der Waals surface area contributed by atoms with E-state index in [-0.39, 0.29) is 5.92 Å². The average molecular weight is 330 g/mol. The van der Waals surface area contributed by atoms with Crippen molar-refractivity contribution in [3.05, 3.63) is 48.3 Å². The quantitative estimate of drug-likeness (QED) is 0.897. The predicted molar refractivity (Wildman–Crippen MR) is 87.7 cm³/mol. The number of rotatable bonds is 2. The van der Waals surface area contributed by atoms with Gasteiger partial charge in [-0.05, 0) is 17.7 Å². The first-order valence-electron chi connectivity index (χ1n) is 7.28. The summed E-state index contributed by atoms with van der Waals surface area (Å²) in [7, 11) is 0. The fourth-order valence-corrected chi connectivity index (χ4v) is 4.27. The molecule has 0 saturated carbocycles. The normalized spacial score (nSPS) is 26.7. The summed E-state index contributed by atoms with van der Waals surface area (Å²) in [4.78, 5) is 19.1. The van der Waals surface area contributed by atoms with Gasteiger partial charge in [-0.25, -0.2) is 19.4 Å². The molecule has 0 aromatic carbocycles. The zero-order chi connectivity index (χ0) is 15.9. The zero-order valence-corrected chi connectivity index (χ0v) is 13.1. The molecule has 8 heteroatoms. The Balaban J connectivity index is 1.75. The lowest BCUT2D eigenvalue weighted by molar-refractivity contribution is 0.387. The molecule has 2 aromatic rings. The third-order valence-electron chi connectivity index (χ3n) is 4.36. The largest absolute Gasteiger partial charge is 0.379 e. The Hall–Kier alpha value is -2.22. The van der Waals surface area contributed by atoms with Crippen molar-refractivity contribution >= 4 is 22.9 Å². The summed E-state index contributed by atoms with van der Waals surface area (Å²) >= 11 is 1.57. The van der Waals surface area contributed by atoms with Crippen LogP contribution in [0.3, 0.4) is 0 Å². The summed E-state index contributed by atoms with van der Waals surface area (Å²) in [6, 6.07) is 3.96. The van der Waals surface area contributed by atoms with Crippen LogP contribution in [-0.2, 0) is 5.54 Å². The van der Waals surface area contributed by atoms with Crippen LogP contribution in [0.4, 0.5) is 10.3 Å². The number of nitrogens with zero attached hydrogens (tertiary/aromatic N) is 5. The molecule has 4 heterocycles. The van der Waals surface area contributed by atoms with Crippen LogP contribution in [0, 0.1) is 11.7 Å². The summed E-state index contributed by atoms with van der Waals surface area (Å²) in [6.07, 6.45) is 5.92. The van der Waals surface area contributed by atoms with Gasteiger partial charge in [-0.2, -0.15) is 0 Å². The van der Waals surface area contributed by atoms with E-state index in [9.17, 15) is 4.39 Å². The standard InChI is InChI=1S/C15H15FN6S/c16-12-5-19-14(20-6-12)22-7-11-8-23-13(17)21-15(11,9-22)10-1-3-18-4-2-10/h1-6,11H,7-9H2,(H2,17,21)/t11-,15?/m0/s1. The number of hydrogen-bond acceptors (Lipinski definition) is 7. The Labute approximate surface area is 137 Å². The lowest BCUT2D eigenvalue weighted by atomic mass is 9.82. The van der Waals surface area contributed by atoms with Gasteiger partial charge in [0.1, 0.15) is 5.54 Å². The van der Waals surface area contributed by atoms with Gasteiger partial charge in [-0.1, -0.05) is 11.8 Å². The number of anilines is 1. The molecule has 2 atom stereocenters. The van der Waals surface area contributed by atoms with Crippen LogP contribution in [0.2, 0.25) is 0 Å². The van der Waals surface area contributed by atoms with E-state index in [1.807, 2.05) is 17.0 Å². The number of halogens is 1. The smallest absolute Gasteiger partial charge is 0.225 e. The van der Waals surface area contributed by atoms with Crippen molar-refractivity contribution < 1.29 is 4.39 Å². The van der Waals surface area contributed by atoms with E-state index in [0.29, 0.717) is 17.7 Å². The second-order valence-electron chi connectivity index (χ2n) is 5.70. The molecule has 0 aliphatic carbocycles. The molecule has 118 valence electrons. The summed E-state index contributed by atoms with van der Waals surface area (Å²) < 4.78 is 13.1. The molecule has 23 heavy (non-hydrogen) atoms. The number of aliphatic imine (C=N–C) groups is 1. The van der Waals surface area contributed by atoms with Crippen molar-refractivity contribution in [2.24, 2.45) is 16.6 Å². The maximum absolute atomic E-state index is 13.1. The Kier molecular flexibility index (Phi) is 3.41. The van der Waals surface area contributed by atoms with Crippen molar-refractivity contribution in [1.82, 2.24) is 15.0 Å². The van der Waals surface area contributed by atoms with Crippen LogP contribution < -0.4 is 10.6 Å². The number of nitrogens with two attached hydrogens (primary N) is 1. The second-order valence-corrected chi connectivity index (χ2v) is 6.74. The molecule has 1 unspecified atom stereocenters. The van der Waals surface area contributed by atoms with Gasteiger partial charge in [-0.3, -0.25) is 4.98 Å². The molecule has 1 saturated heterocycles. The van der Waals surface area contributed by atoms with Crippen LogP contribution in [0.5, 0.6) is 0 Å². The van der Waals surface area contributed by atoms with E-state index < -0.39 is 11.4 Å². The Morgan fingerprint density at radius 2 is 2.00 bits per heavy atom. The molecule has 2 aliphatic rings. The molecule has 0 bridgehead atoms. The van der Waals surface area contributed by atoms with Gasteiger partial charge >= 0.3 is 0 Å². The highest BCUT2D eigenvalue weighted by Crippen LogP contribution is 2.45. The highest BCUT2D eigenvalue weighted by molar-refractivity contribution is 8.13. The predicted octanol–water partition coefficient (Wildman–Crippen LogP) is 1.40. The first kappa shape index (κ1) is 14.4. The number of thioether (sulfide) groups is 1. The highest BCUT2D eigenvalue weighted by atomic mass is 32.2. The molecular weight excluding hydrogens is 315 g/mol. The third kappa shape index (κ3) is 2.42. The van der Waals surface area contributed by atoms with Gasteiger partial charge in [-0.15, -0.1) is 0 Å². The Morgan fingerprint density at radius 3 is 2.74 bits per heavy atom. The Morgan fingerprint density at radius 1 is 1.26 bits per heavy atom. The summed E-state index contributed by atoms with van der Waals surface area (Å²) in [6.45, 7) is 1.38. The minimum atomic E-state index is -0.438. The topological polar surface area (TPSA) is 80.3 Å². The van der Waals surface area contributed by atoms with Gasteiger partial charge in [0.25, 0.3) is 0 Å². The molecule has 2 aromatic heterocycles. The lowest BCUT2D eigenvalue weighted by Crippen LogP contribution is -2.40. The van der Waals surface area contributed by atoms with Crippen molar-refractivity contribution in [2.45, 2.75) is 5.54 Å². The van der Waals surface area contributed by atoms with E-state index in [1.165, 1.54) is 12.4 Å². The molecule has 2 N–H and O–H groups in total. The van der Waals surface area contributed by atoms with Gasteiger partial charge in [0.2, 0.25) is 5.95 Å². The van der Waals surface area contributed by atoms with Crippen molar-refractivity contribution in [3.63, 3.8) is 0 Å². The van der Waals surface area contributed by atoms with Gasteiger partial charge in [0.05, 0.1) is 18.9 Å². The monoisotopic (exact) mass is 330 g/mol. The molecule has 6 nitrogen and oxygen atoms in total. The van der Waals surface area contributed by atoms with Crippen LogP contribution in [0.25, 0.3) is 0 Å². The number of pyridine rings is 1. The first-order valence-corrected chi connectivity index (χ1v) is 8.27. The average Bonchev–Trinajstić information content (AvgIpc) is 2.96. The van der Waals surface area contributed by atoms with E-state index in [1.54, 1.807) is 24.2 Å². The third-order valence-corrected chi connectivity index (χ3v) is 5.32. The molecule has 4 rings (SSSR count). The van der Waals surface area contributed by atoms with E-state index in [0.717, 1.165) is 17.9 Å². The highest BCUT2D eigenvalue weighted by Gasteiger charge is 2.50. The van der Waals surface area contributed by atoms with Crippen LogP contribution >= 0.6 is 11.8 Å². The lowest BCUT2D eigenvalue weighted by Gasteiger charge is -2.34. The van der Waals surface area contributed by atoms with Gasteiger partial charge in [0, 0.05) is 30.6 Å². The number of hydrogen-bond donors (Lipinski definition) is 1. The zero-order valence-electron chi connectivity index (χ0n) is 12.3. The minimum absolute atomic E-state index is 0.288. The van der Waals surface area contributed by atoms with E-state index in [4.69, 9.17) is 10.7 Å². The molecule has 2 aliphatic heterocycles. The maximum atomic E-state index is 13.1. The molecule has 0 radical (unpaired) electrons. The van der Waals surface area contributed by atoms with Crippen LogP contribution in [0.1, 0.15) is 5.56 Å². The SMILES string of the molecule is NC1=NC2(c3ccncc3)CN(c3ncc(F)cn3)C[C@H]2CS1. The van der Waals surface area contributed by atoms with Crippen molar-refractivity contribution in [2.75, 3.05) is 23.7 Å². The van der Waals surface area contributed by atoms with Crippen molar-refractivity contribution in [1.29, 1.82) is 0 Å². The second kappa shape index (κ2) is 5.45. The fraction of sp³-hybridized carbons (Fsp3) is 0.333. The van der Waals surface area contributed by atoms with Crippen LogP contribution in [0.15, 0.2) is 41.9 Å². The van der Waals surface area contributed by atoms with E-state index >= 15 is 0 Å². The summed E-state index contributed by atoms with van der Waals surface area (Å²) in [5.41, 5.74) is 6.68. The van der Waals surface area contributed by atoms with E-state index in [2.05, 4.69) is 15.0 Å². The van der Waals surface area contributed by atoms with Crippen LogP contribution in [-0.4, -0.2) is 39.0 Å². The Bertz CT molecular complexity index is 737. The summed E-state index contributed by atoms with van der Waals surface area (Å²) in [5, 5.41) is 0.597. The number of aromatic nitrogens is 3. The van der Waals surface area contributed by atoms with Gasteiger partial charge < -0.3 is 10.6 Å². The molecule has 1 fully saturated rings. The first-order chi connectivity index (χ1) is 11.2. The fourth-order valence-electron chi connectivity index (χ4n) is 3.29. The summed E-state index contributed by atoms with van der Waals surface area (Å²) in [5.74, 6) is 1.26. The molecule has 0 spiro atoms. The van der Waals surface area contributed by atoms with Crippen molar-refractivity contribution in [3.8, 4) is 0 Å².